The number of nitrogens with two attached hydrogens (primary N) is 1. The van der Waals surface area contributed by atoms with Crippen LogP contribution in [-0.4, -0.2) is 4.98 Å². The molecule has 2 aromatic carbocycles. The zero-order valence-electron chi connectivity index (χ0n) is 10.9. The number of aromatic nitrogens is 1. The Bertz CT molecular complexity index is 727. The van der Waals surface area contributed by atoms with E-state index in [2.05, 4.69) is 48.3 Å². The Morgan fingerprint density at radius 2 is 1.95 bits per heavy atom. The van der Waals surface area contributed by atoms with Crippen molar-refractivity contribution in [1.82, 2.24) is 4.98 Å². The molecule has 3 rings (SSSR count). The van der Waals surface area contributed by atoms with Crippen molar-refractivity contribution < 1.29 is 0 Å². The molecule has 2 N–H and O–H groups in total. The fraction of sp³-hybridized carbons (Fsp3) is 0.118. The number of hydrogen-bond donors (Lipinski definition) is 1. The molecule has 1 aromatic heterocycles. The lowest BCUT2D eigenvalue weighted by atomic mass is 9.95. The fourth-order valence-corrected chi connectivity index (χ4v) is 2.50. The summed E-state index contributed by atoms with van der Waals surface area (Å²) in [5, 5.41) is 2.41. The second kappa shape index (κ2) is 4.82. The molecular formula is C17H16N2. The summed E-state index contributed by atoms with van der Waals surface area (Å²) in [5.41, 5.74) is 10.6. The number of rotatable bonds is 2. The maximum atomic E-state index is 5.69. The summed E-state index contributed by atoms with van der Waals surface area (Å²) >= 11 is 0. The van der Waals surface area contributed by atoms with Gasteiger partial charge in [0.2, 0.25) is 0 Å². The van der Waals surface area contributed by atoms with E-state index in [0.717, 1.165) is 0 Å². The van der Waals surface area contributed by atoms with E-state index < -0.39 is 0 Å². The summed E-state index contributed by atoms with van der Waals surface area (Å²) in [5.74, 6) is 0. The van der Waals surface area contributed by atoms with E-state index in [1.165, 1.54) is 33.0 Å². The first kappa shape index (κ1) is 11.9. The van der Waals surface area contributed by atoms with Crippen LogP contribution in [0.15, 0.2) is 54.9 Å². The lowest BCUT2D eigenvalue weighted by molar-refractivity contribution is 1.07. The van der Waals surface area contributed by atoms with Crippen molar-refractivity contribution in [3.63, 3.8) is 0 Å². The van der Waals surface area contributed by atoms with Gasteiger partial charge in [-0.25, -0.2) is 0 Å². The van der Waals surface area contributed by atoms with Crippen molar-refractivity contribution in [2.24, 2.45) is 5.73 Å². The molecule has 0 spiro atoms. The summed E-state index contributed by atoms with van der Waals surface area (Å²) in [6, 6.07) is 14.8. The van der Waals surface area contributed by atoms with Gasteiger partial charge < -0.3 is 5.73 Å². The normalized spacial score (nSPS) is 10.8. The van der Waals surface area contributed by atoms with Crippen molar-refractivity contribution in [3.8, 4) is 11.1 Å². The summed E-state index contributed by atoms with van der Waals surface area (Å²) in [6.45, 7) is 2.71. The molecule has 0 amide bonds. The van der Waals surface area contributed by atoms with Crippen LogP contribution in [0.5, 0.6) is 0 Å². The zero-order valence-corrected chi connectivity index (χ0v) is 10.9. The van der Waals surface area contributed by atoms with Crippen molar-refractivity contribution in [1.29, 1.82) is 0 Å². The van der Waals surface area contributed by atoms with Gasteiger partial charge in [0.1, 0.15) is 0 Å². The van der Waals surface area contributed by atoms with Crippen molar-refractivity contribution >= 4 is 10.8 Å². The Kier molecular flexibility index (Phi) is 3.02. The topological polar surface area (TPSA) is 38.9 Å². The molecule has 0 aliphatic rings. The summed E-state index contributed by atoms with van der Waals surface area (Å²) in [7, 11) is 0. The molecule has 0 atom stereocenters. The van der Waals surface area contributed by atoms with E-state index in [1.54, 1.807) is 0 Å². The van der Waals surface area contributed by atoms with Crippen LogP contribution in [-0.2, 0) is 6.54 Å². The SMILES string of the molecule is Cc1cc(CN)ccc1-c1cccc2ccncc12. The first-order chi connectivity index (χ1) is 9.29. The number of benzene rings is 2. The lowest BCUT2D eigenvalue weighted by Gasteiger charge is -2.10. The highest BCUT2D eigenvalue weighted by molar-refractivity contribution is 5.96. The van der Waals surface area contributed by atoms with Crippen LogP contribution in [0.4, 0.5) is 0 Å². The molecule has 2 nitrogen and oxygen atoms in total. The van der Waals surface area contributed by atoms with E-state index in [4.69, 9.17) is 5.73 Å². The number of hydrogen-bond acceptors (Lipinski definition) is 2. The molecule has 0 bridgehead atoms. The molecule has 94 valence electrons. The maximum Gasteiger partial charge on any atom is 0.0352 e. The quantitative estimate of drug-likeness (QED) is 0.751. The molecular weight excluding hydrogens is 232 g/mol. The molecule has 0 unspecified atom stereocenters. The van der Waals surface area contributed by atoms with E-state index in [-0.39, 0.29) is 0 Å². The summed E-state index contributed by atoms with van der Waals surface area (Å²) in [6.07, 6.45) is 3.76. The van der Waals surface area contributed by atoms with Gasteiger partial charge in [-0.05, 0) is 40.6 Å². The van der Waals surface area contributed by atoms with Gasteiger partial charge in [-0.2, -0.15) is 0 Å². The van der Waals surface area contributed by atoms with Crippen molar-refractivity contribution in [3.05, 3.63) is 66.0 Å². The first-order valence-corrected chi connectivity index (χ1v) is 6.42. The van der Waals surface area contributed by atoms with E-state index in [9.17, 15) is 0 Å². The van der Waals surface area contributed by atoms with Gasteiger partial charge in [0.05, 0.1) is 0 Å². The number of pyridine rings is 1. The highest BCUT2D eigenvalue weighted by Gasteiger charge is 2.06. The molecule has 1 heterocycles. The van der Waals surface area contributed by atoms with E-state index in [1.807, 2.05) is 18.5 Å². The molecule has 0 aliphatic heterocycles. The molecule has 2 heteroatoms. The smallest absolute Gasteiger partial charge is 0.0352 e. The van der Waals surface area contributed by atoms with Crippen LogP contribution >= 0.6 is 0 Å². The largest absolute Gasteiger partial charge is 0.326 e. The monoisotopic (exact) mass is 248 g/mol. The van der Waals surface area contributed by atoms with E-state index in [0.29, 0.717) is 6.54 Å². The van der Waals surface area contributed by atoms with Gasteiger partial charge in [-0.1, -0.05) is 36.4 Å². The van der Waals surface area contributed by atoms with Crippen LogP contribution in [0.2, 0.25) is 0 Å². The molecule has 0 saturated carbocycles. The standard InChI is InChI=1S/C17H16N2/c1-12-9-13(10-18)5-6-15(12)16-4-2-3-14-7-8-19-11-17(14)16/h2-9,11H,10,18H2,1H3. The summed E-state index contributed by atoms with van der Waals surface area (Å²) in [4.78, 5) is 4.24. The number of fused-ring (bicyclic) bond motifs is 1. The first-order valence-electron chi connectivity index (χ1n) is 6.42. The molecule has 0 aliphatic carbocycles. The zero-order chi connectivity index (χ0) is 13.2. The van der Waals surface area contributed by atoms with Crippen LogP contribution in [0.25, 0.3) is 21.9 Å². The second-order valence-corrected chi connectivity index (χ2v) is 4.76. The van der Waals surface area contributed by atoms with Crippen molar-refractivity contribution in [2.75, 3.05) is 0 Å². The molecule has 3 aromatic rings. The van der Waals surface area contributed by atoms with E-state index >= 15 is 0 Å². The third kappa shape index (κ3) is 2.11. The van der Waals surface area contributed by atoms with Crippen LogP contribution in [0, 0.1) is 6.92 Å². The van der Waals surface area contributed by atoms with Crippen LogP contribution in [0.1, 0.15) is 11.1 Å². The number of nitrogens with zero attached hydrogens (tertiary/aromatic N) is 1. The van der Waals surface area contributed by atoms with Crippen LogP contribution in [0.3, 0.4) is 0 Å². The van der Waals surface area contributed by atoms with Gasteiger partial charge in [0, 0.05) is 24.3 Å². The van der Waals surface area contributed by atoms with Gasteiger partial charge in [-0.15, -0.1) is 0 Å². The minimum absolute atomic E-state index is 0.582. The Hall–Kier alpha value is -2.19. The third-order valence-corrected chi connectivity index (χ3v) is 3.50. The Labute approximate surface area is 112 Å². The van der Waals surface area contributed by atoms with Gasteiger partial charge >= 0.3 is 0 Å². The fourth-order valence-electron chi connectivity index (χ4n) is 2.50. The Morgan fingerprint density at radius 1 is 1.05 bits per heavy atom. The Balaban J connectivity index is 2.24. The highest BCUT2D eigenvalue weighted by atomic mass is 14.6. The Morgan fingerprint density at radius 3 is 2.74 bits per heavy atom. The minimum atomic E-state index is 0.582. The van der Waals surface area contributed by atoms with Gasteiger partial charge in [0.25, 0.3) is 0 Å². The van der Waals surface area contributed by atoms with Crippen LogP contribution < -0.4 is 5.73 Å². The highest BCUT2D eigenvalue weighted by Crippen LogP contribution is 2.30. The molecule has 0 fully saturated rings. The maximum absolute atomic E-state index is 5.69. The average Bonchev–Trinajstić information content (AvgIpc) is 2.46. The lowest BCUT2D eigenvalue weighted by Crippen LogP contribution is -1.97. The predicted molar refractivity (Wildman–Crippen MR) is 79.8 cm³/mol. The number of aryl methyl sites for hydroxylation is 1. The van der Waals surface area contributed by atoms with Gasteiger partial charge in [0.15, 0.2) is 0 Å². The molecule has 0 saturated heterocycles. The molecule has 19 heavy (non-hydrogen) atoms. The van der Waals surface area contributed by atoms with Gasteiger partial charge in [-0.3, -0.25) is 4.98 Å². The predicted octanol–water partition coefficient (Wildman–Crippen LogP) is 3.67. The van der Waals surface area contributed by atoms with Crippen molar-refractivity contribution in [2.45, 2.75) is 13.5 Å². The molecule has 0 radical (unpaired) electrons. The summed E-state index contributed by atoms with van der Waals surface area (Å²) < 4.78 is 0. The average molecular weight is 248 g/mol. The third-order valence-electron chi connectivity index (χ3n) is 3.50. The second-order valence-electron chi connectivity index (χ2n) is 4.76. The minimum Gasteiger partial charge on any atom is -0.326 e.